The molecule has 2 aliphatic carbocycles. The molecular weight excluding hydrogens is 204 g/mol. The van der Waals surface area contributed by atoms with E-state index in [9.17, 15) is 9.90 Å². The molecule has 4 N–H and O–H groups in total. The number of nitrogens with one attached hydrogen (secondary N) is 1. The lowest BCUT2D eigenvalue weighted by atomic mass is 10.0. The third kappa shape index (κ3) is 2.38. The predicted octanol–water partition coefficient (Wildman–Crippen LogP) is 0.535. The Kier molecular flexibility index (Phi) is 3.50. The number of hydrogen-bond acceptors (Lipinski definition) is 3. The molecule has 0 aromatic rings. The Morgan fingerprint density at radius 3 is 2.62 bits per heavy atom. The molecule has 0 aromatic heterocycles. The predicted molar refractivity (Wildman–Crippen MR) is 61.7 cm³/mol. The molecule has 2 aliphatic rings. The standard InChI is InChI=1S/C12H22N2O2/c13-8-12(6-7-12)11(16)14-9-4-2-1-3-5-10(9)15/h9-10,15H,1-8,13H2,(H,14,16). The van der Waals surface area contributed by atoms with E-state index in [0.717, 1.165) is 44.9 Å². The number of carbonyl (C=O) groups is 1. The molecule has 0 aromatic carbocycles. The van der Waals surface area contributed by atoms with Crippen molar-refractivity contribution < 1.29 is 9.90 Å². The van der Waals surface area contributed by atoms with E-state index in [4.69, 9.17) is 5.73 Å². The second-order valence-electron chi connectivity index (χ2n) is 5.27. The monoisotopic (exact) mass is 226 g/mol. The Morgan fingerprint density at radius 1 is 1.31 bits per heavy atom. The molecule has 4 nitrogen and oxygen atoms in total. The van der Waals surface area contributed by atoms with Gasteiger partial charge in [0.1, 0.15) is 0 Å². The van der Waals surface area contributed by atoms with Gasteiger partial charge in [-0.3, -0.25) is 4.79 Å². The van der Waals surface area contributed by atoms with Crippen molar-refractivity contribution >= 4 is 5.91 Å². The summed E-state index contributed by atoms with van der Waals surface area (Å²) in [6.45, 7) is 0.432. The number of rotatable bonds is 3. The lowest BCUT2D eigenvalue weighted by Gasteiger charge is -2.24. The van der Waals surface area contributed by atoms with Crippen molar-refractivity contribution in [1.29, 1.82) is 0 Å². The van der Waals surface area contributed by atoms with Crippen LogP contribution in [0, 0.1) is 5.41 Å². The maximum atomic E-state index is 12.0. The van der Waals surface area contributed by atoms with Gasteiger partial charge in [0.05, 0.1) is 17.6 Å². The lowest BCUT2D eigenvalue weighted by Crippen LogP contribution is -2.47. The third-order valence-corrected chi connectivity index (χ3v) is 4.02. The summed E-state index contributed by atoms with van der Waals surface area (Å²) in [6, 6.07) is -0.0565. The van der Waals surface area contributed by atoms with Gasteiger partial charge in [0, 0.05) is 6.54 Å². The van der Waals surface area contributed by atoms with Crippen LogP contribution in [0.4, 0.5) is 0 Å². The molecule has 0 bridgehead atoms. The highest BCUT2D eigenvalue weighted by molar-refractivity contribution is 5.85. The van der Waals surface area contributed by atoms with Crippen molar-refractivity contribution in [2.24, 2.45) is 11.1 Å². The molecule has 92 valence electrons. The van der Waals surface area contributed by atoms with Gasteiger partial charge < -0.3 is 16.2 Å². The highest BCUT2D eigenvalue weighted by Crippen LogP contribution is 2.44. The molecule has 0 spiro atoms. The van der Waals surface area contributed by atoms with Crippen molar-refractivity contribution in [3.05, 3.63) is 0 Å². The fraction of sp³-hybridized carbons (Fsp3) is 0.917. The molecule has 1 amide bonds. The van der Waals surface area contributed by atoms with Crippen LogP contribution in [-0.2, 0) is 4.79 Å². The fourth-order valence-corrected chi connectivity index (χ4v) is 2.45. The summed E-state index contributed by atoms with van der Waals surface area (Å²) in [7, 11) is 0. The normalized spacial score (nSPS) is 32.9. The molecule has 4 heteroatoms. The zero-order valence-corrected chi connectivity index (χ0v) is 9.74. The highest BCUT2D eigenvalue weighted by Gasteiger charge is 2.49. The van der Waals surface area contributed by atoms with Crippen LogP contribution in [0.1, 0.15) is 44.9 Å². The van der Waals surface area contributed by atoms with Gasteiger partial charge in [-0.05, 0) is 25.7 Å². The molecule has 2 unspecified atom stereocenters. The minimum atomic E-state index is -0.375. The summed E-state index contributed by atoms with van der Waals surface area (Å²) in [5, 5.41) is 12.9. The Balaban J connectivity index is 1.90. The summed E-state index contributed by atoms with van der Waals surface area (Å²) in [5.41, 5.74) is 5.32. The zero-order chi connectivity index (χ0) is 11.6. The maximum Gasteiger partial charge on any atom is 0.227 e. The first-order chi connectivity index (χ1) is 7.68. The number of amides is 1. The first kappa shape index (κ1) is 11.9. The van der Waals surface area contributed by atoms with E-state index in [2.05, 4.69) is 5.32 Å². The van der Waals surface area contributed by atoms with Crippen LogP contribution < -0.4 is 11.1 Å². The smallest absolute Gasteiger partial charge is 0.227 e. The number of aliphatic hydroxyl groups excluding tert-OH is 1. The van der Waals surface area contributed by atoms with Gasteiger partial charge in [-0.25, -0.2) is 0 Å². The van der Waals surface area contributed by atoms with Gasteiger partial charge in [-0.2, -0.15) is 0 Å². The van der Waals surface area contributed by atoms with Gasteiger partial charge in [0.25, 0.3) is 0 Å². The largest absolute Gasteiger partial charge is 0.391 e. The van der Waals surface area contributed by atoms with Crippen molar-refractivity contribution in [1.82, 2.24) is 5.32 Å². The zero-order valence-electron chi connectivity index (χ0n) is 9.74. The van der Waals surface area contributed by atoms with Crippen LogP contribution >= 0.6 is 0 Å². The first-order valence-corrected chi connectivity index (χ1v) is 6.37. The molecule has 2 atom stereocenters. The van der Waals surface area contributed by atoms with Crippen LogP contribution in [-0.4, -0.2) is 29.7 Å². The van der Waals surface area contributed by atoms with Crippen LogP contribution in [0.15, 0.2) is 0 Å². The minimum Gasteiger partial charge on any atom is -0.391 e. The van der Waals surface area contributed by atoms with E-state index < -0.39 is 0 Å². The highest BCUT2D eigenvalue weighted by atomic mass is 16.3. The van der Waals surface area contributed by atoms with Gasteiger partial charge in [0.15, 0.2) is 0 Å². The molecule has 0 heterocycles. The molecule has 2 rings (SSSR count). The van der Waals surface area contributed by atoms with Gasteiger partial charge in [-0.1, -0.05) is 19.3 Å². The van der Waals surface area contributed by atoms with Crippen LogP contribution in [0.5, 0.6) is 0 Å². The van der Waals surface area contributed by atoms with E-state index in [1.165, 1.54) is 0 Å². The van der Waals surface area contributed by atoms with E-state index in [-0.39, 0.29) is 23.5 Å². The van der Waals surface area contributed by atoms with Gasteiger partial charge in [0.2, 0.25) is 5.91 Å². The van der Waals surface area contributed by atoms with Crippen LogP contribution in [0.25, 0.3) is 0 Å². The Hall–Kier alpha value is -0.610. The molecule has 2 saturated carbocycles. The second kappa shape index (κ2) is 4.72. The summed E-state index contributed by atoms with van der Waals surface area (Å²) in [4.78, 5) is 12.0. The summed E-state index contributed by atoms with van der Waals surface area (Å²) in [6.07, 6.45) is 6.45. The Bertz CT molecular complexity index is 264. The maximum absolute atomic E-state index is 12.0. The van der Waals surface area contributed by atoms with E-state index in [1.54, 1.807) is 0 Å². The molecular formula is C12H22N2O2. The fourth-order valence-electron chi connectivity index (χ4n) is 2.45. The van der Waals surface area contributed by atoms with Gasteiger partial charge in [-0.15, -0.1) is 0 Å². The average Bonchev–Trinajstić information content (AvgIpc) is 3.07. The van der Waals surface area contributed by atoms with E-state index in [0.29, 0.717) is 6.54 Å². The third-order valence-electron chi connectivity index (χ3n) is 4.02. The van der Waals surface area contributed by atoms with Gasteiger partial charge >= 0.3 is 0 Å². The summed E-state index contributed by atoms with van der Waals surface area (Å²) in [5.74, 6) is 0.0564. The number of hydrogen-bond donors (Lipinski definition) is 3. The molecule has 0 saturated heterocycles. The molecule has 2 fully saturated rings. The van der Waals surface area contributed by atoms with Crippen molar-refractivity contribution in [2.75, 3.05) is 6.54 Å². The van der Waals surface area contributed by atoms with Crippen LogP contribution in [0.2, 0.25) is 0 Å². The number of nitrogens with two attached hydrogens (primary N) is 1. The number of aliphatic hydroxyl groups is 1. The van der Waals surface area contributed by atoms with Crippen molar-refractivity contribution in [3.8, 4) is 0 Å². The molecule has 16 heavy (non-hydrogen) atoms. The number of carbonyl (C=O) groups excluding carboxylic acids is 1. The van der Waals surface area contributed by atoms with Crippen molar-refractivity contribution in [2.45, 2.75) is 57.1 Å². The second-order valence-corrected chi connectivity index (χ2v) is 5.27. The minimum absolute atomic E-state index is 0.0564. The topological polar surface area (TPSA) is 75.4 Å². The molecule has 0 aliphatic heterocycles. The van der Waals surface area contributed by atoms with E-state index in [1.807, 2.05) is 0 Å². The first-order valence-electron chi connectivity index (χ1n) is 6.37. The lowest BCUT2D eigenvalue weighted by molar-refractivity contribution is -0.127. The van der Waals surface area contributed by atoms with Crippen molar-refractivity contribution in [3.63, 3.8) is 0 Å². The SMILES string of the molecule is NCC1(C(=O)NC2CCCCCC2O)CC1. The quantitative estimate of drug-likeness (QED) is 0.615. The Labute approximate surface area is 96.6 Å². The van der Waals surface area contributed by atoms with E-state index >= 15 is 0 Å². The molecule has 0 radical (unpaired) electrons. The summed E-state index contributed by atoms with van der Waals surface area (Å²) >= 11 is 0. The summed E-state index contributed by atoms with van der Waals surface area (Å²) < 4.78 is 0. The van der Waals surface area contributed by atoms with Crippen LogP contribution in [0.3, 0.4) is 0 Å². The Morgan fingerprint density at radius 2 is 2.00 bits per heavy atom. The average molecular weight is 226 g/mol.